The number of hydrogen-bond acceptors (Lipinski definition) is 1. The zero-order valence-electron chi connectivity index (χ0n) is 19.3. The van der Waals surface area contributed by atoms with E-state index in [4.69, 9.17) is 4.74 Å². The van der Waals surface area contributed by atoms with Crippen molar-refractivity contribution in [1.82, 2.24) is 0 Å². The lowest BCUT2D eigenvalue weighted by Gasteiger charge is -2.20. The summed E-state index contributed by atoms with van der Waals surface area (Å²) < 4.78 is 91.1. The molecule has 0 spiro atoms. The summed E-state index contributed by atoms with van der Waals surface area (Å²) >= 11 is 0. The molecule has 3 aromatic carbocycles. The van der Waals surface area contributed by atoms with Crippen molar-refractivity contribution in [2.24, 2.45) is 0 Å². The maximum absolute atomic E-state index is 15.3. The number of hydrogen-bond donors (Lipinski definition) is 0. The number of benzene rings is 3. The second-order valence-corrected chi connectivity index (χ2v) is 8.15. The van der Waals surface area contributed by atoms with Crippen molar-refractivity contribution in [3.05, 3.63) is 87.7 Å². The van der Waals surface area contributed by atoms with E-state index >= 15 is 4.39 Å². The summed E-state index contributed by atoms with van der Waals surface area (Å²) in [6.45, 7) is 5.11. The summed E-state index contributed by atoms with van der Waals surface area (Å²) in [7, 11) is 0. The zero-order valence-corrected chi connectivity index (χ0v) is 19.3. The molecule has 0 bridgehead atoms. The van der Waals surface area contributed by atoms with Gasteiger partial charge in [0.1, 0.15) is 5.82 Å². The predicted octanol–water partition coefficient (Wildman–Crippen LogP) is 8.23. The Kier molecular flexibility index (Phi) is 7.95. The van der Waals surface area contributed by atoms with Crippen LogP contribution in [0.3, 0.4) is 0 Å². The van der Waals surface area contributed by atoms with Crippen molar-refractivity contribution in [3.8, 4) is 16.9 Å². The van der Waals surface area contributed by atoms with Gasteiger partial charge in [-0.25, -0.2) is 8.78 Å². The van der Waals surface area contributed by atoms with Crippen LogP contribution in [0.25, 0.3) is 11.1 Å². The van der Waals surface area contributed by atoms with E-state index in [2.05, 4.69) is 6.92 Å². The van der Waals surface area contributed by atoms with E-state index in [9.17, 15) is 22.0 Å². The Balaban J connectivity index is 2.03. The normalized spacial score (nSPS) is 11.7. The van der Waals surface area contributed by atoms with Gasteiger partial charge in [-0.1, -0.05) is 37.6 Å². The maximum Gasteiger partial charge on any atom is 0.419 e. The molecule has 7 heteroatoms. The van der Waals surface area contributed by atoms with Crippen LogP contribution in [-0.4, -0.2) is 6.61 Å². The fourth-order valence-electron chi connectivity index (χ4n) is 4.08. The lowest BCUT2D eigenvalue weighted by Crippen LogP contribution is -2.16. The van der Waals surface area contributed by atoms with E-state index in [1.165, 1.54) is 6.92 Å². The summed E-state index contributed by atoms with van der Waals surface area (Å²) in [5, 5.41) is 0. The molecular weight excluding hydrogens is 454 g/mol. The second kappa shape index (κ2) is 10.5. The molecule has 0 saturated carbocycles. The molecule has 0 unspecified atom stereocenters. The molecule has 0 saturated heterocycles. The molecule has 0 aliphatic rings. The standard InChI is InChI=1S/C27H26F6O/c1-4-6-17-7-9-18(10-8-17)11-12-19-16(3)15-21(24(28)23(19)27(31,32)33)20-13-14-22(34-5-2)26(30)25(20)29/h7-10,13-15H,4-6,11-12H2,1-3H3. The molecule has 0 fully saturated rings. The van der Waals surface area contributed by atoms with Gasteiger partial charge >= 0.3 is 6.18 Å². The quantitative estimate of drug-likeness (QED) is 0.295. The zero-order chi connectivity index (χ0) is 25.0. The molecular formula is C27H26F6O. The topological polar surface area (TPSA) is 9.23 Å². The van der Waals surface area contributed by atoms with Crippen LogP contribution < -0.4 is 4.74 Å². The lowest BCUT2D eigenvalue weighted by molar-refractivity contribution is -0.140. The summed E-state index contributed by atoms with van der Waals surface area (Å²) in [5.74, 6) is -4.84. The average molecular weight is 480 g/mol. The first-order valence-corrected chi connectivity index (χ1v) is 11.2. The fourth-order valence-corrected chi connectivity index (χ4v) is 4.08. The lowest BCUT2D eigenvalue weighted by atomic mass is 9.90. The average Bonchev–Trinajstić information content (AvgIpc) is 2.78. The van der Waals surface area contributed by atoms with Crippen molar-refractivity contribution >= 4 is 0 Å². The Morgan fingerprint density at radius 3 is 1.91 bits per heavy atom. The van der Waals surface area contributed by atoms with Gasteiger partial charge in [-0.3, -0.25) is 0 Å². The minimum Gasteiger partial charge on any atom is -0.491 e. The highest BCUT2D eigenvalue weighted by Gasteiger charge is 2.39. The van der Waals surface area contributed by atoms with Gasteiger partial charge in [-0.05, 0) is 73.6 Å². The third kappa shape index (κ3) is 5.40. The van der Waals surface area contributed by atoms with Crippen LogP contribution in [0.15, 0.2) is 42.5 Å². The molecule has 0 radical (unpaired) electrons. The minimum atomic E-state index is -5.01. The van der Waals surface area contributed by atoms with Gasteiger partial charge in [0.05, 0.1) is 12.2 Å². The van der Waals surface area contributed by atoms with Gasteiger partial charge in [-0.15, -0.1) is 0 Å². The summed E-state index contributed by atoms with van der Waals surface area (Å²) in [6.07, 6.45) is -2.89. The van der Waals surface area contributed by atoms with Crippen LogP contribution in [0.4, 0.5) is 26.3 Å². The molecule has 0 atom stereocenters. The van der Waals surface area contributed by atoms with Gasteiger partial charge in [-0.2, -0.15) is 17.6 Å². The van der Waals surface area contributed by atoms with Gasteiger partial charge in [0, 0.05) is 11.1 Å². The molecule has 3 rings (SSSR count). The first kappa shape index (κ1) is 25.7. The van der Waals surface area contributed by atoms with E-state index < -0.39 is 46.1 Å². The van der Waals surface area contributed by atoms with Gasteiger partial charge in [0.15, 0.2) is 11.6 Å². The third-order valence-corrected chi connectivity index (χ3v) is 5.74. The molecule has 1 nitrogen and oxygen atoms in total. The highest BCUT2D eigenvalue weighted by Crippen LogP contribution is 2.41. The molecule has 0 aliphatic carbocycles. The van der Waals surface area contributed by atoms with Crippen molar-refractivity contribution in [1.29, 1.82) is 0 Å². The van der Waals surface area contributed by atoms with Crippen molar-refractivity contribution < 1.29 is 31.1 Å². The number of aryl methyl sites for hydroxylation is 3. The van der Waals surface area contributed by atoms with Gasteiger partial charge in [0.2, 0.25) is 5.82 Å². The largest absolute Gasteiger partial charge is 0.491 e. The highest BCUT2D eigenvalue weighted by molar-refractivity contribution is 5.69. The van der Waals surface area contributed by atoms with Gasteiger partial charge in [0.25, 0.3) is 0 Å². The monoisotopic (exact) mass is 480 g/mol. The Morgan fingerprint density at radius 1 is 0.735 bits per heavy atom. The molecule has 0 N–H and O–H groups in total. The van der Waals surface area contributed by atoms with E-state index in [1.54, 1.807) is 6.92 Å². The van der Waals surface area contributed by atoms with E-state index in [1.807, 2.05) is 24.3 Å². The predicted molar refractivity (Wildman–Crippen MR) is 121 cm³/mol. The highest BCUT2D eigenvalue weighted by atomic mass is 19.4. The summed E-state index contributed by atoms with van der Waals surface area (Å²) in [6, 6.07) is 10.8. The number of ether oxygens (including phenoxy) is 1. The Morgan fingerprint density at radius 2 is 1.35 bits per heavy atom. The molecule has 0 heterocycles. The fraction of sp³-hybridized carbons (Fsp3) is 0.333. The molecule has 34 heavy (non-hydrogen) atoms. The van der Waals surface area contributed by atoms with Crippen molar-refractivity contribution in [3.63, 3.8) is 0 Å². The first-order chi connectivity index (χ1) is 16.1. The SMILES string of the molecule is CCCc1ccc(CCc2c(C)cc(-c3ccc(OCC)c(F)c3F)c(F)c2C(F)(F)F)cc1. The van der Waals surface area contributed by atoms with Crippen LogP contribution in [0, 0.1) is 24.4 Å². The van der Waals surface area contributed by atoms with Gasteiger partial charge < -0.3 is 4.74 Å². The van der Waals surface area contributed by atoms with Crippen LogP contribution in [0.2, 0.25) is 0 Å². The van der Waals surface area contributed by atoms with Crippen molar-refractivity contribution in [2.75, 3.05) is 6.61 Å². The van der Waals surface area contributed by atoms with E-state index in [0.29, 0.717) is 0 Å². The van der Waals surface area contributed by atoms with Crippen LogP contribution in [0.1, 0.15) is 48.1 Å². The molecule has 3 aromatic rings. The van der Waals surface area contributed by atoms with Crippen LogP contribution in [0.5, 0.6) is 5.75 Å². The van der Waals surface area contributed by atoms with E-state index in [-0.39, 0.29) is 30.6 Å². The van der Waals surface area contributed by atoms with Crippen LogP contribution >= 0.6 is 0 Å². The Hall–Kier alpha value is -2.96. The van der Waals surface area contributed by atoms with Crippen LogP contribution in [-0.2, 0) is 25.4 Å². The number of halogens is 6. The maximum atomic E-state index is 15.3. The Labute approximate surface area is 195 Å². The number of rotatable bonds is 8. The first-order valence-electron chi connectivity index (χ1n) is 11.2. The summed E-state index contributed by atoms with van der Waals surface area (Å²) in [4.78, 5) is 0. The number of alkyl halides is 3. The van der Waals surface area contributed by atoms with E-state index in [0.717, 1.165) is 42.2 Å². The molecule has 0 aliphatic heterocycles. The molecule has 0 amide bonds. The second-order valence-electron chi connectivity index (χ2n) is 8.15. The van der Waals surface area contributed by atoms with Crippen molar-refractivity contribution in [2.45, 2.75) is 52.6 Å². The molecule has 0 aromatic heterocycles. The Bertz CT molecular complexity index is 1150. The third-order valence-electron chi connectivity index (χ3n) is 5.74. The minimum absolute atomic E-state index is 0.0505. The molecule has 182 valence electrons. The smallest absolute Gasteiger partial charge is 0.419 e. The summed E-state index contributed by atoms with van der Waals surface area (Å²) in [5.41, 5.74) is -0.756.